The molecule has 1 heteroatoms. The Morgan fingerprint density at radius 3 is 2.00 bits per heavy atom. The number of hydrogen-bond donors (Lipinski definition) is 0. The fourth-order valence-electron chi connectivity index (χ4n) is 1.22. The highest BCUT2D eigenvalue weighted by molar-refractivity contribution is 6.25. The molecule has 0 atom stereocenters. The van der Waals surface area contributed by atoms with Crippen molar-refractivity contribution in [2.24, 2.45) is 5.92 Å². The predicted molar refractivity (Wildman–Crippen MR) is 41.5 cm³/mol. The summed E-state index contributed by atoms with van der Waals surface area (Å²) in [7, 11) is 0. The SMILES string of the molecule is CC1=C(C)C1/C(C)=C/Cl. The van der Waals surface area contributed by atoms with E-state index < -0.39 is 0 Å². The summed E-state index contributed by atoms with van der Waals surface area (Å²) in [6.45, 7) is 6.38. The van der Waals surface area contributed by atoms with E-state index in [-0.39, 0.29) is 0 Å². The molecule has 1 rings (SSSR count). The normalized spacial score (nSPS) is 21.1. The van der Waals surface area contributed by atoms with E-state index in [1.807, 2.05) is 0 Å². The van der Waals surface area contributed by atoms with Gasteiger partial charge in [0, 0.05) is 11.5 Å². The molecule has 0 N–H and O–H groups in total. The van der Waals surface area contributed by atoms with Crippen LogP contribution in [0.25, 0.3) is 0 Å². The molecule has 0 spiro atoms. The van der Waals surface area contributed by atoms with Crippen LogP contribution in [-0.2, 0) is 0 Å². The molecule has 1 aliphatic carbocycles. The second kappa shape index (κ2) is 2.18. The molecule has 0 aliphatic heterocycles. The molecule has 9 heavy (non-hydrogen) atoms. The standard InChI is InChI=1S/C8H11Cl/c1-5(4-9)8-6(2)7(8)3/h4,8H,1-3H3/b5-4+. The number of allylic oxidation sites excluding steroid dienone is 3. The van der Waals surface area contributed by atoms with E-state index in [2.05, 4.69) is 20.8 Å². The van der Waals surface area contributed by atoms with Crippen LogP contribution in [-0.4, -0.2) is 0 Å². The van der Waals surface area contributed by atoms with E-state index in [9.17, 15) is 0 Å². The van der Waals surface area contributed by atoms with Crippen LogP contribution in [0.1, 0.15) is 20.8 Å². The average Bonchev–Trinajstić information content (AvgIpc) is 2.40. The Morgan fingerprint density at radius 2 is 1.89 bits per heavy atom. The van der Waals surface area contributed by atoms with Crippen molar-refractivity contribution in [3.8, 4) is 0 Å². The molecule has 0 amide bonds. The van der Waals surface area contributed by atoms with Gasteiger partial charge in [0.15, 0.2) is 0 Å². The largest absolute Gasteiger partial charge is 0.0930 e. The zero-order chi connectivity index (χ0) is 7.02. The third-order valence-electron chi connectivity index (χ3n) is 2.03. The van der Waals surface area contributed by atoms with Gasteiger partial charge in [0.2, 0.25) is 0 Å². The molecule has 1 aliphatic rings. The van der Waals surface area contributed by atoms with Crippen molar-refractivity contribution in [3.63, 3.8) is 0 Å². The van der Waals surface area contributed by atoms with Gasteiger partial charge in [-0.15, -0.1) is 0 Å². The Kier molecular flexibility index (Phi) is 1.67. The van der Waals surface area contributed by atoms with Gasteiger partial charge in [-0.05, 0) is 20.8 Å². The first-order valence-electron chi connectivity index (χ1n) is 3.12. The summed E-state index contributed by atoms with van der Waals surface area (Å²) in [5, 5.41) is 0. The Bertz CT molecular complexity index is 175. The van der Waals surface area contributed by atoms with Crippen LogP contribution in [0.15, 0.2) is 22.3 Å². The van der Waals surface area contributed by atoms with Gasteiger partial charge in [-0.25, -0.2) is 0 Å². The van der Waals surface area contributed by atoms with Crippen LogP contribution >= 0.6 is 11.6 Å². The summed E-state index contributed by atoms with van der Waals surface area (Å²) in [6.07, 6.45) is 0. The van der Waals surface area contributed by atoms with E-state index in [0.29, 0.717) is 5.92 Å². The highest BCUT2D eigenvalue weighted by atomic mass is 35.5. The smallest absolute Gasteiger partial charge is 0.0225 e. The molecule has 0 bridgehead atoms. The summed E-state index contributed by atoms with van der Waals surface area (Å²) >= 11 is 5.53. The van der Waals surface area contributed by atoms with Gasteiger partial charge in [-0.3, -0.25) is 0 Å². The van der Waals surface area contributed by atoms with E-state index in [0.717, 1.165) is 0 Å². The molecule has 50 valence electrons. The van der Waals surface area contributed by atoms with E-state index in [1.54, 1.807) is 5.54 Å². The molecule has 0 saturated heterocycles. The maximum atomic E-state index is 5.53. The highest BCUT2D eigenvalue weighted by Gasteiger charge is 2.29. The van der Waals surface area contributed by atoms with Crippen LogP contribution in [0.2, 0.25) is 0 Å². The Labute approximate surface area is 61.2 Å². The number of rotatable bonds is 1. The van der Waals surface area contributed by atoms with E-state index in [1.165, 1.54) is 16.7 Å². The number of halogens is 1. The molecule has 0 unspecified atom stereocenters. The van der Waals surface area contributed by atoms with Crippen molar-refractivity contribution in [1.29, 1.82) is 0 Å². The molecule has 0 aromatic rings. The van der Waals surface area contributed by atoms with Crippen LogP contribution in [0, 0.1) is 5.92 Å². The molecule has 0 saturated carbocycles. The van der Waals surface area contributed by atoms with Crippen LogP contribution in [0.3, 0.4) is 0 Å². The monoisotopic (exact) mass is 142 g/mol. The lowest BCUT2D eigenvalue weighted by atomic mass is 10.1. The van der Waals surface area contributed by atoms with Crippen molar-refractivity contribution >= 4 is 11.6 Å². The van der Waals surface area contributed by atoms with Crippen molar-refractivity contribution in [2.45, 2.75) is 20.8 Å². The van der Waals surface area contributed by atoms with Crippen LogP contribution < -0.4 is 0 Å². The van der Waals surface area contributed by atoms with Gasteiger partial charge in [0.1, 0.15) is 0 Å². The number of hydrogen-bond acceptors (Lipinski definition) is 0. The summed E-state index contributed by atoms with van der Waals surface area (Å²) in [4.78, 5) is 0. The third kappa shape index (κ3) is 1.04. The predicted octanol–water partition coefficient (Wildman–Crippen LogP) is 3.10. The van der Waals surface area contributed by atoms with E-state index in [4.69, 9.17) is 11.6 Å². The van der Waals surface area contributed by atoms with Crippen LogP contribution in [0.5, 0.6) is 0 Å². The minimum absolute atomic E-state index is 0.613. The lowest BCUT2D eigenvalue weighted by Gasteiger charge is -1.94. The van der Waals surface area contributed by atoms with E-state index >= 15 is 0 Å². The van der Waals surface area contributed by atoms with Crippen molar-refractivity contribution in [2.75, 3.05) is 0 Å². The summed E-state index contributed by atoms with van der Waals surface area (Å²) in [5.41, 5.74) is 5.92. The first kappa shape index (κ1) is 6.88. The molecule has 0 nitrogen and oxygen atoms in total. The lowest BCUT2D eigenvalue weighted by Crippen LogP contribution is -1.81. The second-order valence-electron chi connectivity index (χ2n) is 2.65. The van der Waals surface area contributed by atoms with Crippen molar-refractivity contribution < 1.29 is 0 Å². The van der Waals surface area contributed by atoms with Crippen molar-refractivity contribution in [3.05, 3.63) is 22.3 Å². The molecular formula is C8H11Cl. The lowest BCUT2D eigenvalue weighted by molar-refractivity contribution is 1.02. The first-order valence-corrected chi connectivity index (χ1v) is 3.56. The molecule has 0 heterocycles. The zero-order valence-electron chi connectivity index (χ0n) is 6.03. The zero-order valence-corrected chi connectivity index (χ0v) is 6.79. The average molecular weight is 143 g/mol. The summed E-state index contributed by atoms with van der Waals surface area (Å²) < 4.78 is 0. The van der Waals surface area contributed by atoms with Gasteiger partial charge in [-0.1, -0.05) is 28.3 Å². The molecule has 0 aromatic heterocycles. The maximum Gasteiger partial charge on any atom is 0.0225 e. The van der Waals surface area contributed by atoms with Gasteiger partial charge in [0.25, 0.3) is 0 Å². The highest BCUT2D eigenvalue weighted by Crippen LogP contribution is 2.43. The molecular weight excluding hydrogens is 132 g/mol. The molecule has 0 aromatic carbocycles. The fourth-order valence-corrected chi connectivity index (χ4v) is 1.35. The Balaban J connectivity index is 2.56. The summed E-state index contributed by atoms with van der Waals surface area (Å²) in [6, 6.07) is 0. The van der Waals surface area contributed by atoms with Gasteiger partial charge in [-0.2, -0.15) is 0 Å². The van der Waals surface area contributed by atoms with Crippen molar-refractivity contribution in [1.82, 2.24) is 0 Å². The first-order chi connectivity index (χ1) is 4.18. The third-order valence-corrected chi connectivity index (χ3v) is 2.38. The van der Waals surface area contributed by atoms with Gasteiger partial charge >= 0.3 is 0 Å². The summed E-state index contributed by atoms with van der Waals surface area (Å²) in [5.74, 6) is 0.613. The maximum absolute atomic E-state index is 5.53. The second-order valence-corrected chi connectivity index (χ2v) is 2.87. The molecule has 0 fully saturated rings. The molecule has 0 radical (unpaired) electrons. The fraction of sp³-hybridized carbons (Fsp3) is 0.500. The van der Waals surface area contributed by atoms with Gasteiger partial charge in [0.05, 0.1) is 0 Å². The van der Waals surface area contributed by atoms with Gasteiger partial charge < -0.3 is 0 Å². The Hall–Kier alpha value is -0.230. The Morgan fingerprint density at radius 1 is 1.44 bits per heavy atom. The topological polar surface area (TPSA) is 0 Å². The minimum Gasteiger partial charge on any atom is -0.0930 e. The minimum atomic E-state index is 0.613. The quantitative estimate of drug-likeness (QED) is 0.494. The van der Waals surface area contributed by atoms with Crippen LogP contribution in [0.4, 0.5) is 0 Å².